The third-order valence-corrected chi connectivity index (χ3v) is 2.34. The van der Waals surface area contributed by atoms with Gasteiger partial charge in [0.05, 0.1) is 25.9 Å². The van der Waals surface area contributed by atoms with Crippen molar-refractivity contribution in [1.29, 1.82) is 0 Å². The van der Waals surface area contributed by atoms with Crippen molar-refractivity contribution in [2.75, 3.05) is 26.4 Å². The standard InChI is InChI=1S/C10H22N2O3/c1-3-8(2)9(11)10(14)12-4-6-15-7-5-13/h8-9,13H,3-7,11H2,1-2H3,(H,12,14)/t8?,9-/m0/s1. The molecule has 0 spiro atoms. The van der Waals surface area contributed by atoms with Crippen LogP contribution in [0.4, 0.5) is 0 Å². The van der Waals surface area contributed by atoms with Crippen molar-refractivity contribution in [2.45, 2.75) is 26.3 Å². The van der Waals surface area contributed by atoms with Crippen LogP contribution in [0.2, 0.25) is 0 Å². The molecule has 5 nitrogen and oxygen atoms in total. The first-order chi connectivity index (χ1) is 7.13. The SMILES string of the molecule is CCC(C)[C@H](N)C(=O)NCCOCCO. The second-order valence-electron chi connectivity index (χ2n) is 3.54. The van der Waals surface area contributed by atoms with Gasteiger partial charge in [-0.3, -0.25) is 4.79 Å². The quantitative estimate of drug-likeness (QED) is 0.479. The van der Waals surface area contributed by atoms with Gasteiger partial charge in [0, 0.05) is 6.54 Å². The van der Waals surface area contributed by atoms with Crippen LogP contribution in [0.15, 0.2) is 0 Å². The molecule has 0 aliphatic rings. The second-order valence-corrected chi connectivity index (χ2v) is 3.54. The van der Waals surface area contributed by atoms with E-state index in [1.807, 2.05) is 13.8 Å². The van der Waals surface area contributed by atoms with Gasteiger partial charge >= 0.3 is 0 Å². The largest absolute Gasteiger partial charge is 0.394 e. The van der Waals surface area contributed by atoms with Gasteiger partial charge in [0.25, 0.3) is 0 Å². The van der Waals surface area contributed by atoms with E-state index in [1.165, 1.54) is 0 Å². The fourth-order valence-electron chi connectivity index (χ4n) is 1.04. The Balaban J connectivity index is 3.56. The summed E-state index contributed by atoms with van der Waals surface area (Å²) in [6.45, 7) is 5.09. The Morgan fingerprint density at radius 1 is 1.53 bits per heavy atom. The van der Waals surface area contributed by atoms with Crippen LogP contribution in [-0.2, 0) is 9.53 Å². The Bertz CT molecular complexity index is 176. The molecule has 0 aromatic heterocycles. The molecule has 90 valence electrons. The summed E-state index contributed by atoms with van der Waals surface area (Å²) < 4.78 is 4.99. The van der Waals surface area contributed by atoms with Crippen molar-refractivity contribution in [3.05, 3.63) is 0 Å². The zero-order valence-electron chi connectivity index (χ0n) is 9.53. The van der Waals surface area contributed by atoms with E-state index in [9.17, 15) is 4.79 Å². The number of aliphatic hydroxyl groups is 1. The summed E-state index contributed by atoms with van der Waals surface area (Å²) in [5.74, 6) is 0.0420. The smallest absolute Gasteiger partial charge is 0.237 e. The summed E-state index contributed by atoms with van der Waals surface area (Å²) in [4.78, 5) is 11.4. The van der Waals surface area contributed by atoms with Crippen molar-refractivity contribution in [3.8, 4) is 0 Å². The topological polar surface area (TPSA) is 84.6 Å². The van der Waals surface area contributed by atoms with Crippen molar-refractivity contribution in [3.63, 3.8) is 0 Å². The number of carbonyl (C=O) groups excluding carboxylic acids is 1. The van der Waals surface area contributed by atoms with E-state index in [4.69, 9.17) is 15.6 Å². The van der Waals surface area contributed by atoms with Gasteiger partial charge in [-0.1, -0.05) is 20.3 Å². The van der Waals surface area contributed by atoms with Gasteiger partial charge in [0.1, 0.15) is 0 Å². The van der Waals surface area contributed by atoms with Gasteiger partial charge in [-0.2, -0.15) is 0 Å². The number of rotatable bonds is 8. The van der Waals surface area contributed by atoms with Gasteiger partial charge in [-0.15, -0.1) is 0 Å². The number of hydrogen-bond acceptors (Lipinski definition) is 4. The molecule has 0 saturated carbocycles. The predicted octanol–water partition coefficient (Wildman–Crippen LogP) is -0.515. The molecule has 0 bridgehead atoms. The predicted molar refractivity (Wildman–Crippen MR) is 58.3 cm³/mol. The van der Waals surface area contributed by atoms with E-state index in [-0.39, 0.29) is 18.4 Å². The fraction of sp³-hybridized carbons (Fsp3) is 0.900. The Hall–Kier alpha value is -0.650. The fourth-order valence-corrected chi connectivity index (χ4v) is 1.04. The van der Waals surface area contributed by atoms with Crippen molar-refractivity contribution < 1.29 is 14.6 Å². The minimum atomic E-state index is -0.451. The van der Waals surface area contributed by atoms with Gasteiger partial charge in [-0.05, 0) is 5.92 Å². The molecule has 0 heterocycles. The third-order valence-electron chi connectivity index (χ3n) is 2.34. The average Bonchev–Trinajstić information content (AvgIpc) is 2.26. The Labute approximate surface area is 91.0 Å². The van der Waals surface area contributed by atoms with Crippen LogP contribution in [0.1, 0.15) is 20.3 Å². The molecule has 4 N–H and O–H groups in total. The van der Waals surface area contributed by atoms with Crippen LogP contribution in [-0.4, -0.2) is 43.4 Å². The summed E-state index contributed by atoms with van der Waals surface area (Å²) in [5.41, 5.74) is 5.72. The molecule has 15 heavy (non-hydrogen) atoms. The summed E-state index contributed by atoms with van der Waals surface area (Å²) >= 11 is 0. The lowest BCUT2D eigenvalue weighted by atomic mass is 9.99. The lowest BCUT2D eigenvalue weighted by Crippen LogP contribution is -2.45. The number of aliphatic hydroxyl groups excluding tert-OH is 1. The first kappa shape index (κ1) is 14.3. The summed E-state index contributed by atoms with van der Waals surface area (Å²) in [5, 5.41) is 11.1. The van der Waals surface area contributed by atoms with E-state index < -0.39 is 6.04 Å². The lowest BCUT2D eigenvalue weighted by molar-refractivity contribution is -0.123. The zero-order chi connectivity index (χ0) is 11.7. The van der Waals surface area contributed by atoms with Crippen LogP contribution in [0.25, 0.3) is 0 Å². The number of hydrogen-bond donors (Lipinski definition) is 3. The van der Waals surface area contributed by atoms with Gasteiger partial charge in [0.2, 0.25) is 5.91 Å². The number of ether oxygens (including phenoxy) is 1. The van der Waals surface area contributed by atoms with E-state index in [0.29, 0.717) is 19.8 Å². The second kappa shape index (κ2) is 8.64. The number of amides is 1. The normalized spacial score (nSPS) is 14.7. The van der Waals surface area contributed by atoms with Crippen LogP contribution >= 0.6 is 0 Å². The molecule has 0 rings (SSSR count). The molecule has 1 amide bonds. The molecule has 2 atom stereocenters. The highest BCUT2D eigenvalue weighted by Gasteiger charge is 2.18. The molecular formula is C10H22N2O3. The van der Waals surface area contributed by atoms with E-state index in [0.717, 1.165) is 6.42 Å². The van der Waals surface area contributed by atoms with Crippen LogP contribution in [0.5, 0.6) is 0 Å². The highest BCUT2D eigenvalue weighted by atomic mass is 16.5. The average molecular weight is 218 g/mol. The highest BCUT2D eigenvalue weighted by molar-refractivity contribution is 5.81. The van der Waals surface area contributed by atoms with Gasteiger partial charge < -0.3 is 20.9 Å². The molecule has 0 aromatic rings. The maximum atomic E-state index is 11.4. The molecule has 5 heteroatoms. The van der Waals surface area contributed by atoms with E-state index >= 15 is 0 Å². The van der Waals surface area contributed by atoms with E-state index in [1.54, 1.807) is 0 Å². The first-order valence-electron chi connectivity index (χ1n) is 5.35. The van der Waals surface area contributed by atoms with Crippen molar-refractivity contribution >= 4 is 5.91 Å². The first-order valence-corrected chi connectivity index (χ1v) is 5.35. The van der Waals surface area contributed by atoms with Crippen LogP contribution in [0, 0.1) is 5.92 Å². The summed E-state index contributed by atoms with van der Waals surface area (Å²) in [6.07, 6.45) is 0.885. The summed E-state index contributed by atoms with van der Waals surface area (Å²) in [7, 11) is 0. The molecule has 0 saturated heterocycles. The molecule has 0 radical (unpaired) electrons. The Morgan fingerprint density at radius 2 is 2.20 bits per heavy atom. The number of carbonyl (C=O) groups is 1. The maximum absolute atomic E-state index is 11.4. The Morgan fingerprint density at radius 3 is 2.73 bits per heavy atom. The molecule has 1 unspecified atom stereocenters. The summed E-state index contributed by atoms with van der Waals surface area (Å²) in [6, 6.07) is -0.451. The Kier molecular flexibility index (Phi) is 8.27. The molecule has 0 aromatic carbocycles. The lowest BCUT2D eigenvalue weighted by Gasteiger charge is -2.17. The molecule has 0 fully saturated rings. The van der Waals surface area contributed by atoms with Crippen LogP contribution in [0.3, 0.4) is 0 Å². The van der Waals surface area contributed by atoms with Crippen LogP contribution < -0.4 is 11.1 Å². The van der Waals surface area contributed by atoms with Gasteiger partial charge in [-0.25, -0.2) is 0 Å². The van der Waals surface area contributed by atoms with Crippen molar-refractivity contribution in [2.24, 2.45) is 11.7 Å². The molecule has 0 aliphatic carbocycles. The number of nitrogens with two attached hydrogens (primary N) is 1. The van der Waals surface area contributed by atoms with Crippen molar-refractivity contribution in [1.82, 2.24) is 5.32 Å². The minimum absolute atomic E-state index is 0.000326. The zero-order valence-corrected chi connectivity index (χ0v) is 9.53. The highest BCUT2D eigenvalue weighted by Crippen LogP contribution is 2.04. The third kappa shape index (κ3) is 6.43. The minimum Gasteiger partial charge on any atom is -0.394 e. The van der Waals surface area contributed by atoms with Gasteiger partial charge in [0.15, 0.2) is 0 Å². The maximum Gasteiger partial charge on any atom is 0.237 e. The molecular weight excluding hydrogens is 196 g/mol. The number of nitrogens with one attached hydrogen (secondary N) is 1. The van der Waals surface area contributed by atoms with E-state index in [2.05, 4.69) is 5.32 Å². The monoisotopic (exact) mass is 218 g/mol. The molecule has 0 aliphatic heterocycles.